The van der Waals surface area contributed by atoms with Gasteiger partial charge in [-0.2, -0.15) is 0 Å². The van der Waals surface area contributed by atoms with Gasteiger partial charge in [-0.25, -0.2) is 0 Å². The SMILES string of the molecule is CC(C)NC(=O)CCC(=O)N1CC(C)Sc2ccccc21. The summed E-state index contributed by atoms with van der Waals surface area (Å²) < 4.78 is 0. The summed E-state index contributed by atoms with van der Waals surface area (Å²) in [6.45, 7) is 6.65. The van der Waals surface area contributed by atoms with E-state index in [4.69, 9.17) is 0 Å². The molecule has 1 N–H and O–H groups in total. The first-order valence-corrected chi connectivity index (χ1v) is 8.20. The summed E-state index contributed by atoms with van der Waals surface area (Å²) >= 11 is 1.79. The average molecular weight is 306 g/mol. The maximum absolute atomic E-state index is 12.4. The number of hydrogen-bond acceptors (Lipinski definition) is 3. The van der Waals surface area contributed by atoms with Gasteiger partial charge in [-0.05, 0) is 26.0 Å². The number of carbonyl (C=O) groups excluding carboxylic acids is 2. The molecule has 1 atom stereocenters. The van der Waals surface area contributed by atoms with Crippen molar-refractivity contribution in [2.24, 2.45) is 0 Å². The summed E-state index contributed by atoms with van der Waals surface area (Å²) in [5, 5.41) is 3.18. The van der Waals surface area contributed by atoms with Crippen LogP contribution in [0.2, 0.25) is 0 Å². The number of rotatable bonds is 4. The van der Waals surface area contributed by atoms with E-state index in [-0.39, 0.29) is 30.7 Å². The van der Waals surface area contributed by atoms with E-state index in [0.717, 1.165) is 10.6 Å². The third kappa shape index (κ3) is 4.24. The van der Waals surface area contributed by atoms with Crippen molar-refractivity contribution in [3.05, 3.63) is 24.3 Å². The highest BCUT2D eigenvalue weighted by Crippen LogP contribution is 2.38. The lowest BCUT2D eigenvalue weighted by Gasteiger charge is -2.32. The second-order valence-corrected chi connectivity index (χ2v) is 7.10. The van der Waals surface area contributed by atoms with Gasteiger partial charge >= 0.3 is 0 Å². The van der Waals surface area contributed by atoms with E-state index >= 15 is 0 Å². The Morgan fingerprint density at radius 3 is 2.76 bits per heavy atom. The maximum atomic E-state index is 12.4. The summed E-state index contributed by atoms with van der Waals surface area (Å²) in [6.07, 6.45) is 0.501. The van der Waals surface area contributed by atoms with Crippen LogP contribution in [0.15, 0.2) is 29.2 Å². The molecular formula is C16H22N2O2S. The van der Waals surface area contributed by atoms with Crippen LogP contribution < -0.4 is 10.2 Å². The smallest absolute Gasteiger partial charge is 0.227 e. The minimum absolute atomic E-state index is 0.0218. The monoisotopic (exact) mass is 306 g/mol. The molecule has 1 aromatic carbocycles. The van der Waals surface area contributed by atoms with Gasteiger partial charge in [0.2, 0.25) is 11.8 Å². The molecule has 0 saturated carbocycles. The van der Waals surface area contributed by atoms with Crippen molar-refractivity contribution in [3.63, 3.8) is 0 Å². The van der Waals surface area contributed by atoms with E-state index in [1.165, 1.54) is 0 Å². The van der Waals surface area contributed by atoms with Crippen LogP contribution in [0, 0.1) is 0 Å². The van der Waals surface area contributed by atoms with Gasteiger partial charge < -0.3 is 10.2 Å². The number of fused-ring (bicyclic) bond motifs is 1. The summed E-state index contributed by atoms with van der Waals surface area (Å²) in [7, 11) is 0. The van der Waals surface area contributed by atoms with Crippen LogP contribution in [0.3, 0.4) is 0 Å². The van der Waals surface area contributed by atoms with Crippen molar-refractivity contribution in [2.75, 3.05) is 11.4 Å². The van der Waals surface area contributed by atoms with Crippen molar-refractivity contribution in [1.29, 1.82) is 0 Å². The van der Waals surface area contributed by atoms with E-state index in [1.54, 1.807) is 11.8 Å². The number of amides is 2. The van der Waals surface area contributed by atoms with Gasteiger partial charge in [0.25, 0.3) is 0 Å². The van der Waals surface area contributed by atoms with Crippen LogP contribution >= 0.6 is 11.8 Å². The van der Waals surface area contributed by atoms with Gasteiger partial charge in [0.1, 0.15) is 0 Å². The normalized spacial score (nSPS) is 17.5. The molecule has 0 aromatic heterocycles. The Kier molecular flexibility index (Phi) is 5.28. The predicted molar refractivity (Wildman–Crippen MR) is 86.6 cm³/mol. The molecule has 1 heterocycles. The Bertz CT molecular complexity index is 531. The first-order chi connectivity index (χ1) is 9.97. The Morgan fingerprint density at radius 1 is 1.33 bits per heavy atom. The summed E-state index contributed by atoms with van der Waals surface area (Å²) in [6, 6.07) is 8.06. The molecule has 0 radical (unpaired) electrons. The topological polar surface area (TPSA) is 49.4 Å². The van der Waals surface area contributed by atoms with Crippen LogP contribution in [0.25, 0.3) is 0 Å². The molecule has 1 aliphatic heterocycles. The van der Waals surface area contributed by atoms with Gasteiger partial charge in [-0.1, -0.05) is 19.1 Å². The number of nitrogens with zero attached hydrogens (tertiary/aromatic N) is 1. The Hall–Kier alpha value is -1.49. The molecule has 0 spiro atoms. The van der Waals surface area contributed by atoms with E-state index in [9.17, 15) is 9.59 Å². The van der Waals surface area contributed by atoms with Crippen LogP contribution in [0.5, 0.6) is 0 Å². The van der Waals surface area contributed by atoms with Gasteiger partial charge in [0.15, 0.2) is 0 Å². The third-order valence-corrected chi connectivity index (χ3v) is 4.39. The molecule has 0 saturated heterocycles. The molecule has 1 unspecified atom stereocenters. The van der Waals surface area contributed by atoms with Crippen molar-refractivity contribution in [2.45, 2.75) is 49.8 Å². The first kappa shape index (κ1) is 15.9. The van der Waals surface area contributed by atoms with Gasteiger partial charge in [-0.3, -0.25) is 9.59 Å². The first-order valence-electron chi connectivity index (χ1n) is 7.32. The molecule has 0 fully saturated rings. The zero-order valence-corrected chi connectivity index (χ0v) is 13.6. The van der Waals surface area contributed by atoms with Crippen LogP contribution in [-0.2, 0) is 9.59 Å². The van der Waals surface area contributed by atoms with Crippen molar-refractivity contribution >= 4 is 29.3 Å². The summed E-state index contributed by atoms with van der Waals surface area (Å²) in [5.74, 6) is -0.0421. The number of anilines is 1. The van der Waals surface area contributed by atoms with Crippen molar-refractivity contribution in [1.82, 2.24) is 5.32 Å². The zero-order chi connectivity index (χ0) is 15.4. The van der Waals surface area contributed by atoms with Crippen LogP contribution in [-0.4, -0.2) is 29.7 Å². The van der Waals surface area contributed by atoms with E-state index in [2.05, 4.69) is 12.2 Å². The molecule has 1 aromatic rings. The van der Waals surface area contributed by atoms with E-state index < -0.39 is 0 Å². The Morgan fingerprint density at radius 2 is 2.05 bits per heavy atom. The third-order valence-electron chi connectivity index (χ3n) is 3.24. The van der Waals surface area contributed by atoms with E-state index in [1.807, 2.05) is 43.0 Å². The molecule has 21 heavy (non-hydrogen) atoms. The molecule has 4 nitrogen and oxygen atoms in total. The zero-order valence-electron chi connectivity index (χ0n) is 12.8. The maximum Gasteiger partial charge on any atom is 0.227 e. The lowest BCUT2D eigenvalue weighted by atomic mass is 10.2. The average Bonchev–Trinajstić information content (AvgIpc) is 2.43. The summed E-state index contributed by atoms with van der Waals surface area (Å²) in [5.41, 5.74) is 0.967. The lowest BCUT2D eigenvalue weighted by Crippen LogP contribution is -2.39. The Labute approximate surface area is 130 Å². The minimum atomic E-state index is -0.0638. The fourth-order valence-corrected chi connectivity index (χ4v) is 3.49. The fourth-order valence-electron chi connectivity index (χ4n) is 2.38. The minimum Gasteiger partial charge on any atom is -0.354 e. The summed E-state index contributed by atoms with van der Waals surface area (Å²) in [4.78, 5) is 27.1. The number of para-hydroxylation sites is 1. The van der Waals surface area contributed by atoms with Crippen molar-refractivity contribution in [3.8, 4) is 0 Å². The Balaban J connectivity index is 2.01. The quantitative estimate of drug-likeness (QED) is 0.930. The molecule has 1 aliphatic rings. The highest BCUT2D eigenvalue weighted by atomic mass is 32.2. The molecule has 2 rings (SSSR count). The van der Waals surface area contributed by atoms with Gasteiger partial charge in [-0.15, -0.1) is 11.8 Å². The predicted octanol–water partition coefficient (Wildman–Crippen LogP) is 2.82. The highest BCUT2D eigenvalue weighted by Gasteiger charge is 2.26. The number of hydrogen-bond donors (Lipinski definition) is 1. The molecular weight excluding hydrogens is 284 g/mol. The van der Waals surface area contributed by atoms with Crippen molar-refractivity contribution < 1.29 is 9.59 Å². The molecule has 114 valence electrons. The molecule has 0 bridgehead atoms. The highest BCUT2D eigenvalue weighted by molar-refractivity contribution is 8.00. The number of thioether (sulfide) groups is 1. The lowest BCUT2D eigenvalue weighted by molar-refractivity contribution is -0.125. The number of benzene rings is 1. The molecule has 5 heteroatoms. The van der Waals surface area contributed by atoms with Gasteiger partial charge in [0, 0.05) is 35.6 Å². The van der Waals surface area contributed by atoms with Gasteiger partial charge in [0.05, 0.1) is 5.69 Å². The van der Waals surface area contributed by atoms with Crippen LogP contribution in [0.1, 0.15) is 33.6 Å². The standard InChI is InChI=1S/C16H22N2O2S/c1-11(2)17-15(19)8-9-16(20)18-10-12(3)21-14-7-5-4-6-13(14)18/h4-7,11-12H,8-10H2,1-3H3,(H,17,19). The van der Waals surface area contributed by atoms with Crippen LogP contribution in [0.4, 0.5) is 5.69 Å². The number of nitrogens with one attached hydrogen (secondary N) is 1. The number of carbonyl (C=O) groups is 2. The second-order valence-electron chi connectivity index (χ2n) is 5.62. The van der Waals surface area contributed by atoms with E-state index in [0.29, 0.717) is 11.8 Å². The largest absolute Gasteiger partial charge is 0.354 e. The second kappa shape index (κ2) is 6.98. The molecule has 0 aliphatic carbocycles. The molecule has 2 amide bonds. The fraction of sp³-hybridized carbons (Fsp3) is 0.500.